The van der Waals surface area contributed by atoms with E-state index in [9.17, 15) is 4.39 Å². The Morgan fingerprint density at radius 1 is 1.46 bits per heavy atom. The van der Waals surface area contributed by atoms with Crippen molar-refractivity contribution in [3.05, 3.63) is 24.3 Å². The Balaban J connectivity index is 2.52. The Morgan fingerprint density at radius 3 is 2.92 bits per heavy atom. The van der Waals surface area contributed by atoms with Gasteiger partial charge in [-0.1, -0.05) is 0 Å². The first-order valence-electron chi connectivity index (χ1n) is 3.55. The molecular weight excluding hydrogens is 173 g/mol. The molecule has 66 valence electrons. The van der Waals surface area contributed by atoms with Crippen molar-refractivity contribution in [3.8, 4) is 11.4 Å². The van der Waals surface area contributed by atoms with Gasteiger partial charge in [-0.3, -0.25) is 10.1 Å². The van der Waals surface area contributed by atoms with Crippen LogP contribution in [0.4, 0.5) is 10.3 Å². The van der Waals surface area contributed by atoms with E-state index in [4.69, 9.17) is 5.73 Å². The van der Waals surface area contributed by atoms with Crippen LogP contribution in [0.1, 0.15) is 0 Å². The van der Waals surface area contributed by atoms with Crippen LogP contribution in [0.2, 0.25) is 0 Å². The van der Waals surface area contributed by atoms with Gasteiger partial charge in [-0.2, -0.15) is 4.98 Å². The minimum Gasteiger partial charge on any atom is -0.366 e. The molecule has 2 aromatic rings. The highest BCUT2D eigenvalue weighted by molar-refractivity contribution is 5.55. The Hall–Kier alpha value is -1.98. The number of nitrogens with zero attached hydrogens (tertiary/aromatic N) is 3. The third-order valence-corrected chi connectivity index (χ3v) is 1.53. The average Bonchev–Trinajstić information content (AvgIpc) is 2.53. The van der Waals surface area contributed by atoms with Crippen LogP contribution in [0.5, 0.6) is 0 Å². The zero-order valence-electron chi connectivity index (χ0n) is 6.53. The number of aromatic amines is 1. The first-order valence-corrected chi connectivity index (χ1v) is 3.55. The Kier molecular flexibility index (Phi) is 1.66. The van der Waals surface area contributed by atoms with Crippen molar-refractivity contribution in [3.63, 3.8) is 0 Å². The molecule has 2 aromatic heterocycles. The summed E-state index contributed by atoms with van der Waals surface area (Å²) in [7, 11) is 0. The first kappa shape index (κ1) is 7.66. The number of H-pyrrole nitrogens is 1. The summed E-state index contributed by atoms with van der Waals surface area (Å²) >= 11 is 0. The SMILES string of the molecule is Nc1n[nH]c(-c2ccncc2F)n1. The molecule has 5 nitrogen and oxygen atoms in total. The molecule has 0 fully saturated rings. The van der Waals surface area contributed by atoms with Gasteiger partial charge in [0.15, 0.2) is 11.6 Å². The summed E-state index contributed by atoms with van der Waals surface area (Å²) in [5, 5.41) is 6.10. The molecule has 0 spiro atoms. The maximum atomic E-state index is 13.1. The molecule has 0 amide bonds. The van der Waals surface area contributed by atoms with E-state index in [0.29, 0.717) is 11.4 Å². The molecule has 0 saturated carbocycles. The summed E-state index contributed by atoms with van der Waals surface area (Å²) in [5.74, 6) is -0.0673. The fourth-order valence-corrected chi connectivity index (χ4v) is 0.962. The summed E-state index contributed by atoms with van der Waals surface area (Å²) in [6.45, 7) is 0. The Labute approximate surface area is 72.8 Å². The van der Waals surface area contributed by atoms with Crippen molar-refractivity contribution >= 4 is 5.95 Å². The maximum absolute atomic E-state index is 13.1. The quantitative estimate of drug-likeness (QED) is 0.671. The number of aromatic nitrogens is 4. The van der Waals surface area contributed by atoms with Crippen molar-refractivity contribution in [1.29, 1.82) is 0 Å². The molecule has 0 unspecified atom stereocenters. The van der Waals surface area contributed by atoms with Crippen molar-refractivity contribution < 1.29 is 4.39 Å². The van der Waals surface area contributed by atoms with Gasteiger partial charge in [-0.25, -0.2) is 4.39 Å². The number of hydrogen-bond donors (Lipinski definition) is 2. The lowest BCUT2D eigenvalue weighted by Crippen LogP contribution is -1.88. The molecule has 2 rings (SSSR count). The van der Waals surface area contributed by atoms with E-state index in [0.717, 1.165) is 6.20 Å². The van der Waals surface area contributed by atoms with Crippen molar-refractivity contribution in [2.45, 2.75) is 0 Å². The van der Waals surface area contributed by atoms with Gasteiger partial charge in [0.2, 0.25) is 5.95 Å². The molecule has 0 radical (unpaired) electrons. The highest BCUT2D eigenvalue weighted by atomic mass is 19.1. The molecule has 0 aromatic carbocycles. The van der Waals surface area contributed by atoms with Gasteiger partial charge >= 0.3 is 0 Å². The van der Waals surface area contributed by atoms with E-state index in [1.165, 1.54) is 12.3 Å². The number of hydrogen-bond acceptors (Lipinski definition) is 4. The molecule has 0 aliphatic rings. The smallest absolute Gasteiger partial charge is 0.239 e. The number of nitrogen functional groups attached to an aromatic ring is 1. The zero-order chi connectivity index (χ0) is 9.26. The van der Waals surface area contributed by atoms with Crippen LogP contribution in [0.3, 0.4) is 0 Å². The number of rotatable bonds is 1. The molecule has 2 heterocycles. The molecule has 0 aliphatic carbocycles. The van der Waals surface area contributed by atoms with Crippen molar-refractivity contribution in [2.24, 2.45) is 0 Å². The third kappa shape index (κ3) is 1.33. The molecule has 13 heavy (non-hydrogen) atoms. The monoisotopic (exact) mass is 179 g/mol. The zero-order valence-corrected chi connectivity index (χ0v) is 6.53. The van der Waals surface area contributed by atoms with Crippen LogP contribution in [0.15, 0.2) is 18.5 Å². The minimum absolute atomic E-state index is 0.0891. The fraction of sp³-hybridized carbons (Fsp3) is 0. The van der Waals surface area contributed by atoms with E-state index in [1.807, 2.05) is 0 Å². The highest BCUT2D eigenvalue weighted by Gasteiger charge is 2.07. The van der Waals surface area contributed by atoms with E-state index >= 15 is 0 Å². The maximum Gasteiger partial charge on any atom is 0.239 e. The lowest BCUT2D eigenvalue weighted by atomic mass is 10.2. The molecular formula is C7H6FN5. The predicted molar refractivity (Wildman–Crippen MR) is 44.0 cm³/mol. The largest absolute Gasteiger partial charge is 0.366 e. The standard InChI is InChI=1S/C7H6FN5/c8-5-3-10-2-1-4(5)6-11-7(9)13-12-6/h1-3H,(H3,9,11,12,13). The van der Waals surface area contributed by atoms with E-state index < -0.39 is 5.82 Å². The van der Waals surface area contributed by atoms with Gasteiger partial charge in [-0.05, 0) is 6.07 Å². The van der Waals surface area contributed by atoms with Crippen LogP contribution < -0.4 is 5.73 Å². The van der Waals surface area contributed by atoms with Crippen molar-refractivity contribution in [2.75, 3.05) is 5.73 Å². The summed E-state index contributed by atoms with van der Waals surface area (Å²) in [6, 6.07) is 1.50. The second-order valence-electron chi connectivity index (χ2n) is 2.40. The number of anilines is 1. The molecule has 0 saturated heterocycles. The number of nitrogens with two attached hydrogens (primary N) is 1. The lowest BCUT2D eigenvalue weighted by Gasteiger charge is -1.95. The topological polar surface area (TPSA) is 80.5 Å². The first-order chi connectivity index (χ1) is 6.27. The second kappa shape index (κ2) is 2.81. The average molecular weight is 179 g/mol. The summed E-state index contributed by atoms with van der Waals surface area (Å²) in [6.07, 6.45) is 2.57. The van der Waals surface area contributed by atoms with Crippen LogP contribution in [-0.4, -0.2) is 20.2 Å². The second-order valence-corrected chi connectivity index (χ2v) is 2.40. The van der Waals surface area contributed by atoms with Gasteiger partial charge in [0, 0.05) is 6.20 Å². The van der Waals surface area contributed by atoms with E-state index in [1.54, 1.807) is 0 Å². The van der Waals surface area contributed by atoms with Crippen molar-refractivity contribution in [1.82, 2.24) is 20.2 Å². The summed E-state index contributed by atoms with van der Waals surface area (Å²) in [4.78, 5) is 7.39. The molecule has 0 aliphatic heterocycles. The fourth-order valence-electron chi connectivity index (χ4n) is 0.962. The van der Waals surface area contributed by atoms with Crippen LogP contribution in [0, 0.1) is 5.82 Å². The Morgan fingerprint density at radius 2 is 2.31 bits per heavy atom. The van der Waals surface area contributed by atoms with E-state index in [2.05, 4.69) is 20.2 Å². The van der Waals surface area contributed by atoms with Gasteiger partial charge in [0.25, 0.3) is 0 Å². The molecule has 0 atom stereocenters. The van der Waals surface area contributed by atoms with Crippen LogP contribution >= 0.6 is 0 Å². The normalized spacial score (nSPS) is 10.2. The van der Waals surface area contributed by atoms with Gasteiger partial charge in [-0.15, -0.1) is 5.10 Å². The lowest BCUT2D eigenvalue weighted by molar-refractivity contribution is 0.623. The molecule has 0 bridgehead atoms. The van der Waals surface area contributed by atoms with E-state index in [-0.39, 0.29) is 5.95 Å². The molecule has 6 heteroatoms. The number of nitrogens with one attached hydrogen (secondary N) is 1. The van der Waals surface area contributed by atoms with Crippen LogP contribution in [-0.2, 0) is 0 Å². The van der Waals surface area contributed by atoms with Gasteiger partial charge in [0.05, 0.1) is 11.8 Å². The van der Waals surface area contributed by atoms with Crippen LogP contribution in [0.25, 0.3) is 11.4 Å². The predicted octanol–water partition coefficient (Wildman–Crippen LogP) is 0.588. The van der Waals surface area contributed by atoms with Gasteiger partial charge in [0.1, 0.15) is 0 Å². The number of pyridine rings is 1. The summed E-state index contributed by atoms with van der Waals surface area (Å²) in [5.41, 5.74) is 5.58. The highest BCUT2D eigenvalue weighted by Crippen LogP contribution is 2.17. The summed E-state index contributed by atoms with van der Waals surface area (Å²) < 4.78 is 13.1. The molecule has 3 N–H and O–H groups in total. The van der Waals surface area contributed by atoms with Gasteiger partial charge < -0.3 is 5.73 Å². The number of halogens is 1. The minimum atomic E-state index is -0.460. The third-order valence-electron chi connectivity index (χ3n) is 1.53. The Bertz CT molecular complexity index is 424.